The first kappa shape index (κ1) is 14.7. The van der Waals surface area contributed by atoms with E-state index in [1.807, 2.05) is 18.2 Å². The molecule has 0 aliphatic rings. The fourth-order valence-electron chi connectivity index (χ4n) is 2.24. The van der Waals surface area contributed by atoms with Crippen molar-refractivity contribution in [2.75, 3.05) is 6.54 Å². The summed E-state index contributed by atoms with van der Waals surface area (Å²) in [6.45, 7) is 7.49. The standard InChI is InChI=1S/C15H22N4O/c1-4-16-12(9-11(2)3)10-14-18-15(19-20-14)13-7-5-6-8-17-13/h5-8,11-12,16H,4,9-10H2,1-3H3. The number of rotatable bonds is 7. The molecule has 1 unspecified atom stereocenters. The van der Waals surface area contributed by atoms with Crippen LogP contribution in [0.2, 0.25) is 0 Å². The summed E-state index contributed by atoms with van der Waals surface area (Å²) >= 11 is 0. The maximum absolute atomic E-state index is 5.34. The number of nitrogens with one attached hydrogen (secondary N) is 1. The Morgan fingerprint density at radius 2 is 2.15 bits per heavy atom. The van der Waals surface area contributed by atoms with Crippen LogP contribution >= 0.6 is 0 Å². The van der Waals surface area contributed by atoms with Crippen molar-refractivity contribution in [3.8, 4) is 11.5 Å². The van der Waals surface area contributed by atoms with E-state index in [-0.39, 0.29) is 0 Å². The van der Waals surface area contributed by atoms with Crippen LogP contribution in [-0.4, -0.2) is 27.7 Å². The second-order valence-corrected chi connectivity index (χ2v) is 5.31. The van der Waals surface area contributed by atoms with Crippen molar-refractivity contribution in [2.24, 2.45) is 5.92 Å². The molecule has 5 heteroatoms. The van der Waals surface area contributed by atoms with Crippen LogP contribution in [0.5, 0.6) is 0 Å². The van der Waals surface area contributed by atoms with Crippen molar-refractivity contribution in [2.45, 2.75) is 39.7 Å². The molecule has 2 aromatic rings. The van der Waals surface area contributed by atoms with Crippen LogP contribution in [0.1, 0.15) is 33.1 Å². The summed E-state index contributed by atoms with van der Waals surface area (Å²) in [6, 6.07) is 6.04. The molecule has 108 valence electrons. The van der Waals surface area contributed by atoms with Crippen molar-refractivity contribution in [1.82, 2.24) is 20.4 Å². The van der Waals surface area contributed by atoms with Gasteiger partial charge in [-0.15, -0.1) is 0 Å². The highest BCUT2D eigenvalue weighted by Crippen LogP contribution is 2.14. The third kappa shape index (κ3) is 4.13. The number of pyridine rings is 1. The zero-order chi connectivity index (χ0) is 14.4. The summed E-state index contributed by atoms with van der Waals surface area (Å²) in [5.41, 5.74) is 0.742. The van der Waals surface area contributed by atoms with Gasteiger partial charge in [0.1, 0.15) is 5.69 Å². The van der Waals surface area contributed by atoms with Gasteiger partial charge in [-0.05, 0) is 31.0 Å². The summed E-state index contributed by atoms with van der Waals surface area (Å²) in [5, 5.41) is 7.47. The number of likely N-dealkylation sites (N-methyl/N-ethyl adjacent to an activating group) is 1. The average molecular weight is 274 g/mol. The maximum Gasteiger partial charge on any atom is 0.228 e. The van der Waals surface area contributed by atoms with Gasteiger partial charge in [0, 0.05) is 18.7 Å². The first-order valence-electron chi connectivity index (χ1n) is 7.16. The van der Waals surface area contributed by atoms with Crippen LogP contribution in [-0.2, 0) is 6.42 Å². The molecule has 1 atom stereocenters. The van der Waals surface area contributed by atoms with Gasteiger partial charge in [-0.1, -0.05) is 32.0 Å². The molecule has 2 aromatic heterocycles. The Bertz CT molecular complexity index is 510. The second-order valence-electron chi connectivity index (χ2n) is 5.31. The fraction of sp³-hybridized carbons (Fsp3) is 0.533. The second kappa shape index (κ2) is 7.14. The van der Waals surface area contributed by atoms with Crippen molar-refractivity contribution in [3.05, 3.63) is 30.3 Å². The number of aromatic nitrogens is 3. The molecular weight excluding hydrogens is 252 g/mol. The van der Waals surface area contributed by atoms with Crippen molar-refractivity contribution in [1.29, 1.82) is 0 Å². The van der Waals surface area contributed by atoms with Gasteiger partial charge in [0.2, 0.25) is 11.7 Å². The van der Waals surface area contributed by atoms with E-state index in [0.29, 0.717) is 23.7 Å². The predicted octanol–water partition coefficient (Wildman–Crippen LogP) is 2.70. The molecule has 20 heavy (non-hydrogen) atoms. The molecule has 0 spiro atoms. The largest absolute Gasteiger partial charge is 0.339 e. The van der Waals surface area contributed by atoms with Gasteiger partial charge < -0.3 is 9.84 Å². The Balaban J connectivity index is 2.04. The smallest absolute Gasteiger partial charge is 0.228 e. The molecule has 0 aliphatic carbocycles. The van der Waals surface area contributed by atoms with Gasteiger partial charge in [-0.25, -0.2) is 0 Å². The van der Waals surface area contributed by atoms with Gasteiger partial charge >= 0.3 is 0 Å². The first-order valence-corrected chi connectivity index (χ1v) is 7.16. The monoisotopic (exact) mass is 274 g/mol. The molecular formula is C15H22N4O. The molecule has 0 amide bonds. The van der Waals surface area contributed by atoms with Crippen LogP contribution in [0.25, 0.3) is 11.5 Å². The number of hydrogen-bond donors (Lipinski definition) is 1. The van der Waals surface area contributed by atoms with Crippen LogP contribution in [0.4, 0.5) is 0 Å². The topological polar surface area (TPSA) is 63.8 Å². The molecule has 0 saturated carbocycles. The zero-order valence-electron chi connectivity index (χ0n) is 12.3. The molecule has 0 aromatic carbocycles. The average Bonchev–Trinajstić information content (AvgIpc) is 2.88. The maximum atomic E-state index is 5.34. The van der Waals surface area contributed by atoms with Crippen LogP contribution in [0.15, 0.2) is 28.9 Å². The molecule has 0 radical (unpaired) electrons. The van der Waals surface area contributed by atoms with E-state index in [1.165, 1.54) is 0 Å². The lowest BCUT2D eigenvalue weighted by atomic mass is 10.0. The minimum absolute atomic E-state index is 0.372. The lowest BCUT2D eigenvalue weighted by molar-refractivity contribution is 0.340. The van der Waals surface area contributed by atoms with E-state index in [9.17, 15) is 0 Å². The Morgan fingerprint density at radius 1 is 1.30 bits per heavy atom. The molecule has 2 rings (SSSR count). The van der Waals surface area contributed by atoms with Gasteiger partial charge in [-0.2, -0.15) is 4.98 Å². The Hall–Kier alpha value is -1.75. The van der Waals surface area contributed by atoms with E-state index in [1.54, 1.807) is 6.20 Å². The molecule has 0 bridgehead atoms. The summed E-state index contributed by atoms with van der Waals surface area (Å²) in [6.07, 6.45) is 3.58. The lowest BCUT2D eigenvalue weighted by Gasteiger charge is -2.17. The van der Waals surface area contributed by atoms with E-state index < -0.39 is 0 Å². The van der Waals surface area contributed by atoms with Gasteiger partial charge in [0.15, 0.2) is 0 Å². The first-order chi connectivity index (χ1) is 9.69. The van der Waals surface area contributed by atoms with Gasteiger partial charge in [-0.3, -0.25) is 4.98 Å². The normalized spacial score (nSPS) is 12.8. The zero-order valence-corrected chi connectivity index (χ0v) is 12.3. The van der Waals surface area contributed by atoms with Crippen molar-refractivity contribution < 1.29 is 4.52 Å². The SMILES string of the molecule is CCNC(Cc1nc(-c2ccccn2)no1)CC(C)C. The Morgan fingerprint density at radius 3 is 2.80 bits per heavy atom. The Labute approximate surface area is 119 Å². The molecule has 0 fully saturated rings. The van der Waals surface area contributed by atoms with E-state index in [2.05, 4.69) is 41.2 Å². The summed E-state index contributed by atoms with van der Waals surface area (Å²) < 4.78 is 5.34. The third-order valence-electron chi connectivity index (χ3n) is 3.03. The highest BCUT2D eigenvalue weighted by atomic mass is 16.5. The summed E-state index contributed by atoms with van der Waals surface area (Å²) in [4.78, 5) is 8.66. The number of hydrogen-bond acceptors (Lipinski definition) is 5. The van der Waals surface area contributed by atoms with Crippen LogP contribution in [0.3, 0.4) is 0 Å². The van der Waals surface area contributed by atoms with Crippen molar-refractivity contribution in [3.63, 3.8) is 0 Å². The minimum Gasteiger partial charge on any atom is -0.339 e. The van der Waals surface area contributed by atoms with Gasteiger partial charge in [0.05, 0.1) is 0 Å². The van der Waals surface area contributed by atoms with E-state index in [0.717, 1.165) is 25.1 Å². The summed E-state index contributed by atoms with van der Waals surface area (Å²) in [5.74, 6) is 1.86. The molecule has 1 N–H and O–H groups in total. The quantitative estimate of drug-likeness (QED) is 0.841. The highest BCUT2D eigenvalue weighted by Gasteiger charge is 2.16. The predicted molar refractivity (Wildman–Crippen MR) is 78.2 cm³/mol. The number of nitrogens with zero attached hydrogens (tertiary/aromatic N) is 3. The molecule has 5 nitrogen and oxygen atoms in total. The fourth-order valence-corrected chi connectivity index (χ4v) is 2.24. The summed E-state index contributed by atoms with van der Waals surface area (Å²) in [7, 11) is 0. The molecule has 0 aliphatic heterocycles. The lowest BCUT2D eigenvalue weighted by Crippen LogP contribution is -2.32. The Kier molecular flexibility index (Phi) is 5.24. The van der Waals surface area contributed by atoms with E-state index >= 15 is 0 Å². The van der Waals surface area contributed by atoms with Gasteiger partial charge in [0.25, 0.3) is 0 Å². The van der Waals surface area contributed by atoms with Crippen molar-refractivity contribution >= 4 is 0 Å². The third-order valence-corrected chi connectivity index (χ3v) is 3.03. The van der Waals surface area contributed by atoms with E-state index in [4.69, 9.17) is 4.52 Å². The minimum atomic E-state index is 0.372. The molecule has 2 heterocycles. The van der Waals surface area contributed by atoms with Crippen LogP contribution < -0.4 is 5.32 Å². The van der Waals surface area contributed by atoms with Crippen LogP contribution in [0, 0.1) is 5.92 Å². The molecule has 0 saturated heterocycles. The highest BCUT2D eigenvalue weighted by molar-refractivity contribution is 5.46.